The first kappa shape index (κ1) is 13.4. The molecule has 0 aromatic heterocycles. The highest BCUT2D eigenvalue weighted by atomic mass is 79.9. The average Bonchev–Trinajstić information content (AvgIpc) is 2.79. The summed E-state index contributed by atoms with van der Waals surface area (Å²) in [6.07, 6.45) is 0.847. The van der Waals surface area contributed by atoms with Crippen LogP contribution in [0.25, 0.3) is 0 Å². The standard InChI is InChI=1S/C16H14BrFO2/c1-10-2-4-15-11(6-10)7-13(20-15)9-19-16-5-3-12(18)8-14(16)17/h2-6,8,13H,7,9H2,1H3. The molecule has 2 nitrogen and oxygen atoms in total. The summed E-state index contributed by atoms with van der Waals surface area (Å²) >= 11 is 3.29. The number of ether oxygens (including phenoxy) is 2. The molecule has 0 amide bonds. The fourth-order valence-electron chi connectivity index (χ4n) is 2.32. The number of benzene rings is 2. The Morgan fingerprint density at radius 1 is 1.30 bits per heavy atom. The van der Waals surface area contributed by atoms with Crippen LogP contribution in [0.2, 0.25) is 0 Å². The van der Waals surface area contributed by atoms with Gasteiger partial charge in [0.15, 0.2) is 0 Å². The van der Waals surface area contributed by atoms with E-state index >= 15 is 0 Å². The molecular formula is C16H14BrFO2. The lowest BCUT2D eigenvalue weighted by molar-refractivity contribution is 0.148. The van der Waals surface area contributed by atoms with Gasteiger partial charge < -0.3 is 9.47 Å². The molecule has 0 N–H and O–H groups in total. The Hall–Kier alpha value is -1.55. The van der Waals surface area contributed by atoms with Crippen molar-refractivity contribution in [2.75, 3.05) is 6.61 Å². The molecule has 3 rings (SSSR count). The third-order valence-electron chi connectivity index (χ3n) is 3.28. The summed E-state index contributed by atoms with van der Waals surface area (Å²) in [4.78, 5) is 0. The van der Waals surface area contributed by atoms with Crippen LogP contribution in [0, 0.1) is 12.7 Å². The molecule has 1 aliphatic rings. The van der Waals surface area contributed by atoms with Crippen LogP contribution in [0.15, 0.2) is 40.9 Å². The van der Waals surface area contributed by atoms with Gasteiger partial charge in [-0.1, -0.05) is 17.7 Å². The molecule has 20 heavy (non-hydrogen) atoms. The van der Waals surface area contributed by atoms with Crippen molar-refractivity contribution in [3.05, 3.63) is 57.8 Å². The van der Waals surface area contributed by atoms with Crippen molar-refractivity contribution in [2.24, 2.45) is 0 Å². The van der Waals surface area contributed by atoms with Gasteiger partial charge in [-0.2, -0.15) is 0 Å². The number of hydrogen-bond donors (Lipinski definition) is 0. The SMILES string of the molecule is Cc1ccc2c(c1)CC(COc1ccc(F)cc1Br)O2. The topological polar surface area (TPSA) is 18.5 Å². The van der Waals surface area contributed by atoms with Crippen LogP contribution in [-0.4, -0.2) is 12.7 Å². The van der Waals surface area contributed by atoms with E-state index in [1.54, 1.807) is 6.07 Å². The van der Waals surface area contributed by atoms with E-state index in [0.717, 1.165) is 12.2 Å². The smallest absolute Gasteiger partial charge is 0.137 e. The van der Waals surface area contributed by atoms with Gasteiger partial charge in [-0.15, -0.1) is 0 Å². The summed E-state index contributed by atoms with van der Waals surface area (Å²) in [5.74, 6) is 1.27. The monoisotopic (exact) mass is 336 g/mol. The molecule has 1 atom stereocenters. The first-order valence-electron chi connectivity index (χ1n) is 6.46. The highest BCUT2D eigenvalue weighted by Crippen LogP contribution is 2.31. The highest BCUT2D eigenvalue weighted by molar-refractivity contribution is 9.10. The van der Waals surface area contributed by atoms with E-state index < -0.39 is 0 Å². The maximum atomic E-state index is 13.0. The Morgan fingerprint density at radius 2 is 2.15 bits per heavy atom. The maximum absolute atomic E-state index is 13.0. The van der Waals surface area contributed by atoms with Gasteiger partial charge in [-0.3, -0.25) is 0 Å². The van der Waals surface area contributed by atoms with Crippen LogP contribution in [0.1, 0.15) is 11.1 Å². The highest BCUT2D eigenvalue weighted by Gasteiger charge is 2.23. The Labute approximate surface area is 125 Å². The summed E-state index contributed by atoms with van der Waals surface area (Å²) in [6.45, 7) is 2.51. The molecule has 4 heteroatoms. The molecule has 1 unspecified atom stereocenters. The predicted octanol–water partition coefficient (Wildman–Crippen LogP) is 4.28. The number of rotatable bonds is 3. The van der Waals surface area contributed by atoms with E-state index in [1.807, 2.05) is 12.1 Å². The number of halogens is 2. The van der Waals surface area contributed by atoms with E-state index in [9.17, 15) is 4.39 Å². The molecule has 0 fully saturated rings. The van der Waals surface area contributed by atoms with Gasteiger partial charge in [0.1, 0.15) is 30.0 Å². The van der Waals surface area contributed by atoms with Crippen molar-refractivity contribution in [3.63, 3.8) is 0 Å². The van der Waals surface area contributed by atoms with Crippen molar-refractivity contribution in [2.45, 2.75) is 19.4 Å². The number of hydrogen-bond acceptors (Lipinski definition) is 2. The molecule has 0 bridgehead atoms. The van der Waals surface area contributed by atoms with Crippen LogP contribution in [0.5, 0.6) is 11.5 Å². The van der Waals surface area contributed by atoms with Crippen LogP contribution >= 0.6 is 15.9 Å². The lowest BCUT2D eigenvalue weighted by atomic mass is 10.1. The number of fused-ring (bicyclic) bond motifs is 1. The first-order chi connectivity index (χ1) is 9.61. The maximum Gasteiger partial charge on any atom is 0.137 e. The Morgan fingerprint density at radius 3 is 2.95 bits per heavy atom. The summed E-state index contributed by atoms with van der Waals surface area (Å²) in [7, 11) is 0. The van der Waals surface area contributed by atoms with Crippen LogP contribution < -0.4 is 9.47 Å². The largest absolute Gasteiger partial charge is 0.489 e. The van der Waals surface area contributed by atoms with Crippen molar-refractivity contribution in [1.82, 2.24) is 0 Å². The quantitative estimate of drug-likeness (QED) is 0.832. The van der Waals surface area contributed by atoms with Crippen LogP contribution in [-0.2, 0) is 6.42 Å². The molecule has 0 radical (unpaired) electrons. The minimum Gasteiger partial charge on any atom is -0.489 e. The Bertz CT molecular complexity index is 642. The van der Waals surface area contributed by atoms with Crippen molar-refractivity contribution in [3.8, 4) is 11.5 Å². The molecule has 0 spiro atoms. The summed E-state index contributed by atoms with van der Waals surface area (Å²) < 4.78 is 25.1. The van der Waals surface area contributed by atoms with E-state index in [4.69, 9.17) is 9.47 Å². The van der Waals surface area contributed by atoms with E-state index in [-0.39, 0.29) is 11.9 Å². The zero-order valence-corrected chi connectivity index (χ0v) is 12.6. The number of aryl methyl sites for hydroxylation is 1. The Balaban J connectivity index is 1.63. The normalized spacial score (nSPS) is 16.6. The summed E-state index contributed by atoms with van der Waals surface area (Å²) in [5, 5.41) is 0. The van der Waals surface area contributed by atoms with Crippen molar-refractivity contribution < 1.29 is 13.9 Å². The van der Waals surface area contributed by atoms with Gasteiger partial charge in [0, 0.05) is 6.42 Å². The second kappa shape index (κ2) is 5.44. The minimum absolute atomic E-state index is 0.00348. The van der Waals surface area contributed by atoms with Gasteiger partial charge in [0.05, 0.1) is 4.47 Å². The Kier molecular flexibility index (Phi) is 3.66. The van der Waals surface area contributed by atoms with Crippen LogP contribution in [0.3, 0.4) is 0 Å². The lowest BCUT2D eigenvalue weighted by Gasteiger charge is -2.13. The van der Waals surface area contributed by atoms with Gasteiger partial charge in [-0.05, 0) is 52.7 Å². The lowest BCUT2D eigenvalue weighted by Crippen LogP contribution is -2.22. The second-order valence-electron chi connectivity index (χ2n) is 4.94. The average molecular weight is 337 g/mol. The molecule has 1 heterocycles. The molecule has 1 aliphatic heterocycles. The van der Waals surface area contributed by atoms with Gasteiger partial charge in [-0.25, -0.2) is 4.39 Å². The fraction of sp³-hybridized carbons (Fsp3) is 0.250. The van der Waals surface area contributed by atoms with Crippen LogP contribution in [0.4, 0.5) is 4.39 Å². The molecule has 0 aliphatic carbocycles. The van der Waals surface area contributed by atoms with Gasteiger partial charge >= 0.3 is 0 Å². The van der Waals surface area contributed by atoms with Crippen molar-refractivity contribution >= 4 is 15.9 Å². The fourth-order valence-corrected chi connectivity index (χ4v) is 2.78. The first-order valence-corrected chi connectivity index (χ1v) is 7.25. The summed E-state index contributed by atoms with van der Waals surface area (Å²) in [6, 6.07) is 10.6. The molecule has 0 saturated heterocycles. The molecule has 104 valence electrons. The molecule has 2 aromatic carbocycles. The van der Waals surface area contributed by atoms with Gasteiger partial charge in [0.25, 0.3) is 0 Å². The van der Waals surface area contributed by atoms with E-state index in [2.05, 4.69) is 28.9 Å². The van der Waals surface area contributed by atoms with Crippen molar-refractivity contribution in [1.29, 1.82) is 0 Å². The third-order valence-corrected chi connectivity index (χ3v) is 3.90. The van der Waals surface area contributed by atoms with E-state index in [0.29, 0.717) is 16.8 Å². The zero-order valence-electron chi connectivity index (χ0n) is 11.0. The predicted molar refractivity (Wildman–Crippen MR) is 78.9 cm³/mol. The molecule has 0 saturated carbocycles. The zero-order chi connectivity index (χ0) is 14.1. The summed E-state index contributed by atoms with van der Waals surface area (Å²) in [5.41, 5.74) is 2.45. The minimum atomic E-state index is -0.288. The molecular weight excluding hydrogens is 323 g/mol. The van der Waals surface area contributed by atoms with Gasteiger partial charge in [0.2, 0.25) is 0 Å². The van der Waals surface area contributed by atoms with E-state index in [1.165, 1.54) is 23.3 Å². The molecule has 2 aromatic rings. The third kappa shape index (κ3) is 2.80. The second-order valence-corrected chi connectivity index (χ2v) is 5.80.